The van der Waals surface area contributed by atoms with Crippen LogP contribution in [0.2, 0.25) is 0 Å². The maximum atomic E-state index is 3.50. The van der Waals surface area contributed by atoms with Crippen molar-refractivity contribution in [1.29, 1.82) is 0 Å². The van der Waals surface area contributed by atoms with Gasteiger partial charge in [0.1, 0.15) is 0 Å². The van der Waals surface area contributed by atoms with Gasteiger partial charge in [0.15, 0.2) is 0 Å². The van der Waals surface area contributed by atoms with Crippen LogP contribution in [0.25, 0.3) is 0 Å². The molecule has 1 N–H and O–H groups in total. The highest BCUT2D eigenvalue weighted by molar-refractivity contribution is 4.52. The molecular weight excluding hydrogens is 172 g/mol. The van der Waals surface area contributed by atoms with Crippen molar-refractivity contribution >= 4 is 0 Å². The van der Waals surface area contributed by atoms with Gasteiger partial charge in [0.05, 0.1) is 0 Å². The van der Waals surface area contributed by atoms with Gasteiger partial charge in [0, 0.05) is 0 Å². The first-order chi connectivity index (χ1) is 6.63. The van der Waals surface area contributed by atoms with Crippen LogP contribution in [0.15, 0.2) is 0 Å². The molecule has 0 unspecified atom stereocenters. The maximum Gasteiger partial charge on any atom is -0.00244 e. The lowest BCUT2D eigenvalue weighted by Crippen LogP contribution is -2.19. The molecule has 0 saturated heterocycles. The zero-order valence-corrected chi connectivity index (χ0v) is 10.5. The third-order valence-electron chi connectivity index (χ3n) is 2.34. The minimum atomic E-state index is 0.852. The van der Waals surface area contributed by atoms with Crippen molar-refractivity contribution in [3.63, 3.8) is 0 Å². The molecule has 0 heterocycles. The molecule has 0 aliphatic carbocycles. The van der Waals surface area contributed by atoms with Crippen LogP contribution in [0.4, 0.5) is 0 Å². The van der Waals surface area contributed by atoms with Crippen LogP contribution in [-0.2, 0) is 0 Å². The number of hydrogen-bond acceptors (Lipinski definition) is 2. The van der Waals surface area contributed by atoms with Crippen LogP contribution in [0, 0.1) is 5.92 Å². The minimum absolute atomic E-state index is 0.852. The minimum Gasteiger partial charge on any atom is -0.317 e. The third kappa shape index (κ3) is 11.9. The van der Waals surface area contributed by atoms with Gasteiger partial charge in [-0.15, -0.1) is 0 Å². The Hall–Kier alpha value is -0.0800. The van der Waals surface area contributed by atoms with E-state index < -0.39 is 0 Å². The van der Waals surface area contributed by atoms with Gasteiger partial charge in [-0.05, 0) is 65.3 Å². The summed E-state index contributed by atoms with van der Waals surface area (Å²) in [5, 5.41) is 3.50. The summed E-state index contributed by atoms with van der Waals surface area (Å²) >= 11 is 0. The summed E-state index contributed by atoms with van der Waals surface area (Å²) < 4.78 is 0. The van der Waals surface area contributed by atoms with Crippen LogP contribution < -0.4 is 5.32 Å². The van der Waals surface area contributed by atoms with Crippen molar-refractivity contribution in [2.75, 3.05) is 33.7 Å². The van der Waals surface area contributed by atoms with Crippen molar-refractivity contribution in [2.24, 2.45) is 5.92 Å². The first-order valence-electron chi connectivity index (χ1n) is 5.98. The second kappa shape index (κ2) is 9.47. The fraction of sp³-hybridized carbons (Fsp3) is 1.00. The van der Waals surface area contributed by atoms with Gasteiger partial charge in [-0.1, -0.05) is 13.8 Å². The molecule has 0 bridgehead atoms. The molecule has 2 heteroatoms. The first-order valence-corrected chi connectivity index (χ1v) is 5.98. The van der Waals surface area contributed by atoms with Crippen LogP contribution in [0.5, 0.6) is 0 Å². The Morgan fingerprint density at radius 1 is 1.00 bits per heavy atom. The average Bonchev–Trinajstić information content (AvgIpc) is 2.08. The zero-order chi connectivity index (χ0) is 10.8. The molecular formula is C12H28N2. The summed E-state index contributed by atoms with van der Waals surface area (Å²) in [5.41, 5.74) is 0. The molecule has 0 aliphatic rings. The predicted octanol–water partition coefficient (Wildman–Crippen LogP) is 2.35. The van der Waals surface area contributed by atoms with Crippen molar-refractivity contribution in [3.05, 3.63) is 0 Å². The molecule has 86 valence electrons. The molecule has 0 aromatic rings. The highest BCUT2D eigenvalue weighted by Crippen LogP contribution is 2.01. The van der Waals surface area contributed by atoms with E-state index >= 15 is 0 Å². The normalized spacial score (nSPS) is 11.6. The average molecular weight is 200 g/mol. The van der Waals surface area contributed by atoms with E-state index in [2.05, 4.69) is 38.2 Å². The van der Waals surface area contributed by atoms with E-state index in [0.29, 0.717) is 0 Å². The van der Waals surface area contributed by atoms with Gasteiger partial charge >= 0.3 is 0 Å². The molecule has 0 rings (SSSR count). The Labute approximate surface area is 90.1 Å². The highest BCUT2D eigenvalue weighted by atomic mass is 15.0. The quantitative estimate of drug-likeness (QED) is 0.575. The third-order valence-corrected chi connectivity index (χ3v) is 2.34. The fourth-order valence-corrected chi connectivity index (χ4v) is 1.44. The monoisotopic (exact) mass is 200 g/mol. The molecule has 2 nitrogen and oxygen atoms in total. The van der Waals surface area contributed by atoms with Crippen LogP contribution in [0.1, 0.15) is 39.5 Å². The first kappa shape index (κ1) is 13.9. The molecule has 0 saturated carbocycles. The maximum absolute atomic E-state index is 3.50. The van der Waals surface area contributed by atoms with E-state index in [1.165, 1.54) is 45.3 Å². The molecule has 0 fully saturated rings. The van der Waals surface area contributed by atoms with Gasteiger partial charge in [-0.25, -0.2) is 0 Å². The number of nitrogens with one attached hydrogen (secondary N) is 1. The van der Waals surface area contributed by atoms with E-state index in [0.717, 1.165) is 5.92 Å². The molecule has 0 aromatic carbocycles. The lowest BCUT2D eigenvalue weighted by molar-refractivity contribution is 0.391. The molecule has 0 aliphatic heterocycles. The van der Waals surface area contributed by atoms with Crippen LogP contribution >= 0.6 is 0 Å². The number of hydrogen-bond donors (Lipinski definition) is 1. The largest absolute Gasteiger partial charge is 0.317 e. The summed E-state index contributed by atoms with van der Waals surface area (Å²) in [4.78, 5) is 2.25. The molecule has 0 radical (unpaired) electrons. The second-order valence-corrected chi connectivity index (χ2v) is 4.80. The van der Waals surface area contributed by atoms with E-state index in [9.17, 15) is 0 Å². The van der Waals surface area contributed by atoms with Crippen molar-refractivity contribution in [2.45, 2.75) is 39.5 Å². The van der Waals surface area contributed by atoms with Gasteiger partial charge in [-0.3, -0.25) is 0 Å². The molecule has 0 amide bonds. The lowest BCUT2D eigenvalue weighted by Gasteiger charge is -2.09. The lowest BCUT2D eigenvalue weighted by atomic mass is 10.1. The van der Waals surface area contributed by atoms with Crippen LogP contribution in [0.3, 0.4) is 0 Å². The summed E-state index contributed by atoms with van der Waals surface area (Å²) in [5.74, 6) is 0.852. The summed E-state index contributed by atoms with van der Waals surface area (Å²) in [6.07, 6.45) is 5.29. The summed E-state index contributed by atoms with van der Waals surface area (Å²) in [7, 11) is 4.27. The summed E-state index contributed by atoms with van der Waals surface area (Å²) in [6.45, 7) is 8.17. The van der Waals surface area contributed by atoms with Crippen molar-refractivity contribution in [3.8, 4) is 0 Å². The van der Waals surface area contributed by atoms with E-state index in [-0.39, 0.29) is 0 Å². The Kier molecular flexibility index (Phi) is 9.42. The fourth-order valence-electron chi connectivity index (χ4n) is 1.44. The Morgan fingerprint density at radius 3 is 2.21 bits per heavy atom. The number of rotatable bonds is 9. The number of unbranched alkanes of at least 4 members (excludes halogenated alkanes) is 1. The smallest absolute Gasteiger partial charge is 0.00244 e. The molecule has 0 atom stereocenters. The van der Waals surface area contributed by atoms with E-state index in [4.69, 9.17) is 0 Å². The van der Waals surface area contributed by atoms with E-state index in [1.807, 2.05) is 0 Å². The molecule has 0 aromatic heterocycles. The van der Waals surface area contributed by atoms with Gasteiger partial charge in [0.25, 0.3) is 0 Å². The molecule has 14 heavy (non-hydrogen) atoms. The van der Waals surface area contributed by atoms with Gasteiger partial charge in [-0.2, -0.15) is 0 Å². The van der Waals surface area contributed by atoms with Crippen molar-refractivity contribution in [1.82, 2.24) is 10.2 Å². The Bertz CT molecular complexity index is 96.9. The van der Waals surface area contributed by atoms with Crippen molar-refractivity contribution < 1.29 is 0 Å². The SMILES string of the molecule is CC(C)CCCNCCCCN(C)C. The molecule has 0 spiro atoms. The summed E-state index contributed by atoms with van der Waals surface area (Å²) in [6, 6.07) is 0. The number of nitrogens with zero attached hydrogens (tertiary/aromatic N) is 1. The standard InChI is InChI=1S/C12H28N2/c1-12(2)8-7-10-13-9-5-6-11-14(3)4/h12-13H,5-11H2,1-4H3. The van der Waals surface area contributed by atoms with Gasteiger partial charge < -0.3 is 10.2 Å². The Balaban J connectivity index is 2.92. The Morgan fingerprint density at radius 2 is 1.64 bits per heavy atom. The highest BCUT2D eigenvalue weighted by Gasteiger charge is 1.94. The van der Waals surface area contributed by atoms with Gasteiger partial charge in [0.2, 0.25) is 0 Å². The zero-order valence-electron chi connectivity index (χ0n) is 10.5. The van der Waals surface area contributed by atoms with Crippen LogP contribution in [-0.4, -0.2) is 38.6 Å². The topological polar surface area (TPSA) is 15.3 Å². The van der Waals surface area contributed by atoms with E-state index in [1.54, 1.807) is 0 Å². The second-order valence-electron chi connectivity index (χ2n) is 4.80. The predicted molar refractivity (Wildman–Crippen MR) is 64.7 cm³/mol.